The fourth-order valence-corrected chi connectivity index (χ4v) is 8.89. The van der Waals surface area contributed by atoms with Gasteiger partial charge in [0.25, 0.3) is 0 Å². The predicted molar refractivity (Wildman–Crippen MR) is 245 cm³/mol. The molecule has 1 N–H and O–H groups in total. The first-order valence-corrected chi connectivity index (χ1v) is 20.5. The highest BCUT2D eigenvalue weighted by atomic mass is 16.6. The second-order valence-corrected chi connectivity index (χ2v) is 15.9. The second-order valence-electron chi connectivity index (χ2n) is 15.9. The molecule has 0 bridgehead atoms. The number of anilines is 5. The van der Waals surface area contributed by atoms with Crippen LogP contribution < -0.4 is 30.6 Å². The number of hydrogen-bond acceptors (Lipinski definition) is 4. The summed E-state index contributed by atoms with van der Waals surface area (Å²) in [5.41, 5.74) is 16.6. The van der Waals surface area contributed by atoms with E-state index in [2.05, 4.69) is 171 Å². The van der Waals surface area contributed by atoms with E-state index in [0.29, 0.717) is 5.92 Å². The molecule has 5 heteroatoms. The summed E-state index contributed by atoms with van der Waals surface area (Å²) in [5.74, 6) is 3.42. The molecular weight excluding hydrogens is 707 g/mol. The van der Waals surface area contributed by atoms with Crippen molar-refractivity contribution in [1.82, 2.24) is 0 Å². The van der Waals surface area contributed by atoms with Crippen LogP contribution in [-0.4, -0.2) is 7.28 Å². The van der Waals surface area contributed by atoms with Crippen LogP contribution in [0.4, 0.5) is 28.4 Å². The zero-order valence-corrected chi connectivity index (χ0v) is 33.5. The summed E-state index contributed by atoms with van der Waals surface area (Å²) in [7, 11) is 0.734. The third kappa shape index (κ3) is 6.47. The zero-order valence-electron chi connectivity index (χ0n) is 33.5. The smallest absolute Gasteiger partial charge is 0.198 e. The van der Waals surface area contributed by atoms with E-state index in [1.807, 2.05) is 24.3 Å². The topological polar surface area (TPSA) is 33.7 Å². The monoisotopic (exact) mass is 752 g/mol. The fraction of sp³-hybridized carbons (Fsp3) is 0.132. The molecule has 8 aromatic carbocycles. The number of ether oxygens (including phenoxy) is 2. The molecule has 8 aromatic rings. The number of para-hydroxylation sites is 2. The average molecular weight is 753 g/mol. The SMILES string of the molecule is CCC[C@H](C)c1ccc(N2c3cc4c(cc3Bc3c(-c5cc6ccccc6cc5Nc5ccc(-c6ccccc6)cc5)cc(C)cc32)Oc2ccccc2O4)c(C)c1. The van der Waals surface area contributed by atoms with Crippen molar-refractivity contribution in [3.63, 3.8) is 0 Å². The highest BCUT2D eigenvalue weighted by molar-refractivity contribution is 6.73. The first-order valence-electron chi connectivity index (χ1n) is 20.5. The van der Waals surface area contributed by atoms with Gasteiger partial charge in [-0.3, -0.25) is 0 Å². The Kier molecular flexibility index (Phi) is 9.02. The van der Waals surface area contributed by atoms with Gasteiger partial charge in [0.05, 0.1) is 0 Å². The molecular formula is C53H45BN2O2. The Morgan fingerprint density at radius 3 is 1.98 bits per heavy atom. The Morgan fingerprint density at radius 1 is 0.586 bits per heavy atom. The summed E-state index contributed by atoms with van der Waals surface area (Å²) >= 11 is 0. The molecule has 4 nitrogen and oxygen atoms in total. The summed E-state index contributed by atoms with van der Waals surface area (Å²) in [6, 6.07) is 56.7. The van der Waals surface area contributed by atoms with Crippen LogP contribution in [-0.2, 0) is 0 Å². The van der Waals surface area contributed by atoms with E-state index in [-0.39, 0.29) is 0 Å². The van der Waals surface area contributed by atoms with Gasteiger partial charge in [-0.1, -0.05) is 123 Å². The molecule has 10 rings (SSSR count). The van der Waals surface area contributed by atoms with Crippen LogP contribution in [0.5, 0.6) is 23.0 Å². The lowest BCUT2D eigenvalue weighted by Gasteiger charge is -2.37. The molecule has 0 aromatic heterocycles. The van der Waals surface area contributed by atoms with E-state index in [0.717, 1.165) is 53.8 Å². The molecule has 0 spiro atoms. The second kappa shape index (κ2) is 14.7. The van der Waals surface area contributed by atoms with Gasteiger partial charge in [-0.05, 0) is 130 Å². The molecule has 0 fully saturated rings. The number of aryl methyl sites for hydroxylation is 2. The quantitative estimate of drug-likeness (QED) is 0.157. The number of nitrogens with zero attached hydrogens (tertiary/aromatic N) is 1. The third-order valence-electron chi connectivity index (χ3n) is 11.9. The lowest BCUT2D eigenvalue weighted by atomic mass is 9.58. The van der Waals surface area contributed by atoms with Crippen molar-refractivity contribution in [3.05, 3.63) is 174 Å². The lowest BCUT2D eigenvalue weighted by molar-refractivity contribution is 0.360. The zero-order chi connectivity index (χ0) is 39.3. The van der Waals surface area contributed by atoms with Gasteiger partial charge in [-0.25, -0.2) is 0 Å². The van der Waals surface area contributed by atoms with Crippen LogP contribution in [0.2, 0.25) is 0 Å². The summed E-state index contributed by atoms with van der Waals surface area (Å²) in [6.45, 7) is 9.08. The molecule has 0 amide bonds. The molecule has 58 heavy (non-hydrogen) atoms. The van der Waals surface area contributed by atoms with Crippen LogP contribution in [0.25, 0.3) is 33.0 Å². The maximum atomic E-state index is 6.53. The minimum atomic E-state index is 0.499. The molecule has 0 aliphatic carbocycles. The molecule has 1 atom stereocenters. The molecule has 2 aliphatic rings. The number of rotatable bonds is 8. The number of benzene rings is 8. The van der Waals surface area contributed by atoms with Crippen LogP contribution in [0.3, 0.4) is 0 Å². The van der Waals surface area contributed by atoms with Crippen molar-refractivity contribution in [3.8, 4) is 45.3 Å². The fourth-order valence-electron chi connectivity index (χ4n) is 8.89. The summed E-state index contributed by atoms with van der Waals surface area (Å²) in [6.07, 6.45) is 2.33. The largest absolute Gasteiger partial charge is 0.450 e. The van der Waals surface area contributed by atoms with Crippen molar-refractivity contribution in [2.45, 2.75) is 46.5 Å². The maximum Gasteiger partial charge on any atom is 0.198 e. The van der Waals surface area contributed by atoms with Crippen molar-refractivity contribution >= 4 is 57.4 Å². The standard InChI is InChI=1S/C53H45BN2O2/c1-5-13-34(3)38-22-25-46(35(4)28-38)56-47-32-52-51(57-49-18-11-12-19-50(49)58-52)31-44(47)54-53-43(26-33(2)27-48(53)56)42-29-39-16-9-10-17-40(39)30-45(42)55-41-23-20-37(21-24-41)36-14-7-6-8-15-36/h6-12,14-32,34,54-55H,5,13H2,1-4H3/t34-/m0/s1. The van der Waals surface area contributed by atoms with Crippen LogP contribution in [0.15, 0.2) is 158 Å². The van der Waals surface area contributed by atoms with Gasteiger partial charge in [-0.2, -0.15) is 0 Å². The van der Waals surface area contributed by atoms with Crippen LogP contribution >= 0.6 is 0 Å². The van der Waals surface area contributed by atoms with Crippen molar-refractivity contribution in [1.29, 1.82) is 0 Å². The van der Waals surface area contributed by atoms with E-state index in [1.54, 1.807) is 0 Å². The summed E-state index contributed by atoms with van der Waals surface area (Å²) in [4.78, 5) is 2.47. The highest BCUT2D eigenvalue weighted by Crippen LogP contribution is 2.49. The van der Waals surface area contributed by atoms with Gasteiger partial charge in [0.15, 0.2) is 30.3 Å². The van der Waals surface area contributed by atoms with Crippen LogP contribution in [0.1, 0.15) is 49.3 Å². The molecule has 282 valence electrons. The van der Waals surface area contributed by atoms with Gasteiger partial charge in [0.2, 0.25) is 0 Å². The van der Waals surface area contributed by atoms with Gasteiger partial charge in [0, 0.05) is 40.1 Å². The summed E-state index contributed by atoms with van der Waals surface area (Å²) in [5, 5.41) is 6.27. The van der Waals surface area contributed by atoms with Crippen molar-refractivity contribution in [2.75, 3.05) is 10.2 Å². The highest BCUT2D eigenvalue weighted by Gasteiger charge is 2.32. The minimum Gasteiger partial charge on any atom is -0.450 e. The Morgan fingerprint density at radius 2 is 1.26 bits per heavy atom. The lowest BCUT2D eigenvalue weighted by Crippen LogP contribution is -2.41. The predicted octanol–water partition coefficient (Wildman–Crippen LogP) is 13.5. The van der Waals surface area contributed by atoms with Gasteiger partial charge >= 0.3 is 0 Å². The first kappa shape index (κ1) is 35.7. The molecule has 0 saturated carbocycles. The van der Waals surface area contributed by atoms with Gasteiger partial charge < -0.3 is 19.7 Å². The first-order chi connectivity index (χ1) is 28.4. The van der Waals surface area contributed by atoms with E-state index in [9.17, 15) is 0 Å². The Bertz CT molecular complexity index is 2850. The number of fused-ring (bicyclic) bond motifs is 5. The molecule has 0 saturated heterocycles. The molecule has 2 aliphatic heterocycles. The van der Waals surface area contributed by atoms with Crippen molar-refractivity contribution in [2.24, 2.45) is 0 Å². The van der Waals surface area contributed by atoms with Crippen molar-refractivity contribution < 1.29 is 9.47 Å². The maximum absolute atomic E-state index is 6.53. The molecule has 2 heterocycles. The Hall–Kier alpha value is -6.72. The average Bonchev–Trinajstić information content (AvgIpc) is 3.24. The minimum absolute atomic E-state index is 0.499. The van der Waals surface area contributed by atoms with E-state index >= 15 is 0 Å². The van der Waals surface area contributed by atoms with E-state index in [1.165, 1.54) is 78.4 Å². The van der Waals surface area contributed by atoms with E-state index < -0.39 is 0 Å². The van der Waals surface area contributed by atoms with Crippen LogP contribution in [0, 0.1) is 13.8 Å². The Labute approximate surface area is 342 Å². The molecule has 0 radical (unpaired) electrons. The third-order valence-corrected chi connectivity index (χ3v) is 11.9. The molecule has 0 unspecified atom stereocenters. The normalized spacial score (nSPS) is 12.9. The van der Waals surface area contributed by atoms with E-state index in [4.69, 9.17) is 9.47 Å². The van der Waals surface area contributed by atoms with Gasteiger partial charge in [-0.15, -0.1) is 0 Å². The summed E-state index contributed by atoms with van der Waals surface area (Å²) < 4.78 is 13.0. The van der Waals surface area contributed by atoms with Gasteiger partial charge in [0.1, 0.15) is 0 Å². The number of nitrogens with one attached hydrogen (secondary N) is 1. The Balaban J connectivity index is 1.14. The number of hydrogen-bond donors (Lipinski definition) is 1.